The van der Waals surface area contributed by atoms with Crippen molar-refractivity contribution in [3.8, 4) is 0 Å². The molecule has 1 N–H and O–H groups in total. The quantitative estimate of drug-likeness (QED) is 0.878. The van der Waals surface area contributed by atoms with Gasteiger partial charge in [-0.05, 0) is 24.1 Å². The fraction of sp³-hybridized carbons (Fsp3) is 0.400. The first-order valence-corrected chi connectivity index (χ1v) is 9.00. The second-order valence-corrected chi connectivity index (χ2v) is 6.37. The highest BCUT2D eigenvalue weighted by molar-refractivity contribution is 5.74. The molecule has 2 amide bonds. The first-order valence-electron chi connectivity index (χ1n) is 9.00. The van der Waals surface area contributed by atoms with E-state index in [1.807, 2.05) is 23.1 Å². The Morgan fingerprint density at radius 1 is 0.960 bits per heavy atom. The molecule has 2 heterocycles. The molecule has 0 saturated carbocycles. The van der Waals surface area contributed by atoms with Gasteiger partial charge in [-0.15, -0.1) is 0 Å². The van der Waals surface area contributed by atoms with Crippen molar-refractivity contribution in [3.63, 3.8) is 0 Å². The third-order valence-corrected chi connectivity index (χ3v) is 4.60. The minimum absolute atomic E-state index is 0.0404. The number of piperazine rings is 1. The maximum atomic E-state index is 12.3. The van der Waals surface area contributed by atoms with E-state index < -0.39 is 0 Å². The summed E-state index contributed by atoms with van der Waals surface area (Å²) in [5.41, 5.74) is 2.38. The molecular formula is C20H26N4O. The number of nitrogens with one attached hydrogen (secondary N) is 1. The summed E-state index contributed by atoms with van der Waals surface area (Å²) >= 11 is 0. The third kappa shape index (κ3) is 5.57. The Morgan fingerprint density at radius 2 is 1.72 bits per heavy atom. The molecule has 0 aliphatic carbocycles. The molecule has 0 unspecified atom stereocenters. The predicted octanol–water partition coefficient (Wildman–Crippen LogP) is 2.19. The molecule has 0 spiro atoms. The lowest BCUT2D eigenvalue weighted by Gasteiger charge is -2.34. The van der Waals surface area contributed by atoms with Crippen molar-refractivity contribution in [3.05, 3.63) is 66.0 Å². The van der Waals surface area contributed by atoms with E-state index >= 15 is 0 Å². The molecule has 5 heteroatoms. The number of carbonyl (C=O) groups excluding carboxylic acids is 1. The normalized spacial score (nSPS) is 15.1. The number of benzene rings is 1. The smallest absolute Gasteiger partial charge is 0.317 e. The Hall–Kier alpha value is -2.40. The molecule has 0 bridgehead atoms. The summed E-state index contributed by atoms with van der Waals surface area (Å²) in [5, 5.41) is 3.00. The number of hydrogen-bond acceptors (Lipinski definition) is 3. The summed E-state index contributed by atoms with van der Waals surface area (Å²) in [6.07, 6.45) is 3.62. The molecule has 2 aromatic rings. The molecule has 0 atom stereocenters. The molecule has 5 nitrogen and oxygen atoms in total. The second kappa shape index (κ2) is 9.18. The Kier molecular flexibility index (Phi) is 6.40. The summed E-state index contributed by atoms with van der Waals surface area (Å²) in [4.78, 5) is 20.9. The number of urea groups is 1. The van der Waals surface area contributed by atoms with E-state index in [0.29, 0.717) is 6.54 Å². The number of nitrogens with zero attached hydrogens (tertiary/aromatic N) is 3. The summed E-state index contributed by atoms with van der Waals surface area (Å²) in [6, 6.07) is 16.5. The van der Waals surface area contributed by atoms with E-state index in [-0.39, 0.29) is 6.03 Å². The van der Waals surface area contributed by atoms with E-state index in [1.54, 1.807) is 6.20 Å². The monoisotopic (exact) mass is 338 g/mol. The molecule has 0 radical (unpaired) electrons. The van der Waals surface area contributed by atoms with Gasteiger partial charge in [0.25, 0.3) is 0 Å². The van der Waals surface area contributed by atoms with Crippen molar-refractivity contribution in [1.82, 2.24) is 20.1 Å². The van der Waals surface area contributed by atoms with E-state index in [4.69, 9.17) is 0 Å². The number of pyridine rings is 1. The van der Waals surface area contributed by atoms with Crippen LogP contribution < -0.4 is 5.32 Å². The third-order valence-electron chi connectivity index (χ3n) is 4.60. The number of hydrogen-bond donors (Lipinski definition) is 1. The van der Waals surface area contributed by atoms with Crippen LogP contribution in [0.15, 0.2) is 54.7 Å². The lowest BCUT2D eigenvalue weighted by molar-refractivity contribution is 0.140. The molecule has 1 aliphatic rings. The van der Waals surface area contributed by atoms with Crippen molar-refractivity contribution >= 4 is 6.03 Å². The highest BCUT2D eigenvalue weighted by atomic mass is 16.2. The predicted molar refractivity (Wildman–Crippen MR) is 99.5 cm³/mol. The van der Waals surface area contributed by atoms with E-state index in [0.717, 1.165) is 51.3 Å². The molecule has 1 aromatic carbocycles. The first-order chi connectivity index (χ1) is 12.3. The van der Waals surface area contributed by atoms with Gasteiger partial charge < -0.3 is 10.2 Å². The average molecular weight is 338 g/mol. The number of aromatic nitrogens is 1. The minimum atomic E-state index is 0.0404. The van der Waals surface area contributed by atoms with Crippen LogP contribution in [-0.4, -0.2) is 60.1 Å². The van der Waals surface area contributed by atoms with Crippen LogP contribution in [-0.2, 0) is 12.8 Å². The Labute approximate surface area is 149 Å². The largest absolute Gasteiger partial charge is 0.338 e. The molecule has 1 aromatic heterocycles. The van der Waals surface area contributed by atoms with E-state index in [1.165, 1.54) is 5.56 Å². The Bertz CT molecular complexity index is 639. The minimum Gasteiger partial charge on any atom is -0.338 e. The zero-order chi connectivity index (χ0) is 17.3. The highest BCUT2D eigenvalue weighted by Crippen LogP contribution is 2.06. The van der Waals surface area contributed by atoms with Crippen molar-refractivity contribution in [1.29, 1.82) is 0 Å². The van der Waals surface area contributed by atoms with Crippen molar-refractivity contribution in [2.75, 3.05) is 39.3 Å². The number of rotatable bonds is 6. The van der Waals surface area contributed by atoms with E-state index in [9.17, 15) is 4.79 Å². The molecule has 1 aliphatic heterocycles. The van der Waals surface area contributed by atoms with E-state index in [2.05, 4.69) is 45.5 Å². The summed E-state index contributed by atoms with van der Waals surface area (Å²) in [6.45, 7) is 5.17. The van der Waals surface area contributed by atoms with Gasteiger partial charge in [-0.1, -0.05) is 36.4 Å². The lowest BCUT2D eigenvalue weighted by atomic mass is 10.1. The standard InChI is InChI=1S/C20H26N4O/c25-20(22-12-9-19-8-4-5-11-21-19)24-16-14-23(15-17-24)13-10-18-6-2-1-3-7-18/h1-8,11H,9-10,12-17H2,(H,22,25). The Balaban J connectivity index is 1.33. The molecule has 1 saturated heterocycles. The fourth-order valence-electron chi connectivity index (χ4n) is 3.06. The maximum Gasteiger partial charge on any atom is 0.317 e. The van der Waals surface area contributed by atoms with Gasteiger partial charge in [0.15, 0.2) is 0 Å². The van der Waals surface area contributed by atoms with Gasteiger partial charge in [0, 0.05) is 57.6 Å². The van der Waals surface area contributed by atoms with Crippen LogP contribution in [0.5, 0.6) is 0 Å². The second-order valence-electron chi connectivity index (χ2n) is 6.37. The van der Waals surface area contributed by atoms with Crippen LogP contribution in [0.25, 0.3) is 0 Å². The van der Waals surface area contributed by atoms with Gasteiger partial charge in [-0.25, -0.2) is 4.79 Å². The van der Waals surface area contributed by atoms with Crippen LogP contribution in [0.1, 0.15) is 11.3 Å². The topological polar surface area (TPSA) is 48.5 Å². The van der Waals surface area contributed by atoms with Crippen LogP contribution in [0.2, 0.25) is 0 Å². The highest BCUT2D eigenvalue weighted by Gasteiger charge is 2.20. The van der Waals surface area contributed by atoms with Crippen LogP contribution in [0, 0.1) is 0 Å². The van der Waals surface area contributed by atoms with Gasteiger partial charge in [0.1, 0.15) is 0 Å². The zero-order valence-electron chi connectivity index (χ0n) is 14.6. The van der Waals surface area contributed by atoms with Gasteiger partial charge in [0.05, 0.1) is 0 Å². The van der Waals surface area contributed by atoms with Gasteiger partial charge >= 0.3 is 6.03 Å². The average Bonchev–Trinajstić information content (AvgIpc) is 2.68. The van der Waals surface area contributed by atoms with Crippen molar-refractivity contribution in [2.24, 2.45) is 0 Å². The lowest BCUT2D eigenvalue weighted by Crippen LogP contribution is -2.52. The molecule has 25 heavy (non-hydrogen) atoms. The first kappa shape index (κ1) is 17.4. The van der Waals surface area contributed by atoms with Gasteiger partial charge in [-0.2, -0.15) is 0 Å². The molecule has 132 valence electrons. The maximum absolute atomic E-state index is 12.3. The summed E-state index contributed by atoms with van der Waals surface area (Å²) in [7, 11) is 0. The van der Waals surface area contributed by atoms with Crippen LogP contribution in [0.3, 0.4) is 0 Å². The fourth-order valence-corrected chi connectivity index (χ4v) is 3.06. The van der Waals surface area contributed by atoms with Crippen LogP contribution in [0.4, 0.5) is 4.79 Å². The Morgan fingerprint density at radius 3 is 2.44 bits per heavy atom. The van der Waals surface area contributed by atoms with Crippen molar-refractivity contribution < 1.29 is 4.79 Å². The SMILES string of the molecule is O=C(NCCc1ccccn1)N1CCN(CCc2ccccc2)CC1. The number of carbonyl (C=O) groups is 1. The summed E-state index contributed by atoms with van der Waals surface area (Å²) in [5.74, 6) is 0. The van der Waals surface area contributed by atoms with Gasteiger partial charge in [0.2, 0.25) is 0 Å². The van der Waals surface area contributed by atoms with Crippen LogP contribution >= 0.6 is 0 Å². The van der Waals surface area contributed by atoms with Gasteiger partial charge in [-0.3, -0.25) is 9.88 Å². The molecular weight excluding hydrogens is 312 g/mol. The van der Waals surface area contributed by atoms with Crippen molar-refractivity contribution in [2.45, 2.75) is 12.8 Å². The molecule has 1 fully saturated rings. The zero-order valence-corrected chi connectivity index (χ0v) is 14.6. The number of amides is 2. The molecule has 3 rings (SSSR count). The summed E-state index contributed by atoms with van der Waals surface area (Å²) < 4.78 is 0.